The molecule has 0 bridgehead atoms. The minimum atomic E-state index is -1.90. The third-order valence-corrected chi connectivity index (χ3v) is 4.47. The quantitative estimate of drug-likeness (QED) is 0.657. The van der Waals surface area contributed by atoms with Crippen molar-refractivity contribution >= 4 is 11.4 Å². The van der Waals surface area contributed by atoms with E-state index >= 15 is 0 Å². The normalized spacial score (nSPS) is 17.7. The van der Waals surface area contributed by atoms with Crippen molar-refractivity contribution in [2.75, 3.05) is 4.90 Å². The molecule has 2 aromatic rings. The van der Waals surface area contributed by atoms with Crippen molar-refractivity contribution in [2.24, 2.45) is 11.1 Å². The average molecular weight is 356 g/mol. The first-order valence-corrected chi connectivity index (χ1v) is 7.81. The van der Waals surface area contributed by atoms with E-state index in [1.165, 1.54) is 23.1 Å². The van der Waals surface area contributed by atoms with Crippen LogP contribution in [0, 0.1) is 49.5 Å². The molecule has 27 heavy (non-hydrogen) atoms. The van der Waals surface area contributed by atoms with Gasteiger partial charge in [0.05, 0.1) is 23.1 Å². The van der Waals surface area contributed by atoms with Crippen LogP contribution in [0.3, 0.4) is 0 Å². The summed E-state index contributed by atoms with van der Waals surface area (Å²) in [5.74, 6) is -0.0247. The van der Waals surface area contributed by atoms with E-state index in [4.69, 9.17) is 5.73 Å². The van der Waals surface area contributed by atoms with Gasteiger partial charge in [-0.2, -0.15) is 15.8 Å². The first kappa shape index (κ1) is 17.5. The van der Waals surface area contributed by atoms with Gasteiger partial charge in [0.1, 0.15) is 17.5 Å². The molecule has 0 aromatic heterocycles. The fourth-order valence-corrected chi connectivity index (χ4v) is 3.28. The summed E-state index contributed by atoms with van der Waals surface area (Å²) in [6.07, 6.45) is 0. The van der Waals surface area contributed by atoms with E-state index in [0.29, 0.717) is 11.3 Å². The monoisotopic (exact) mass is 356 g/mol. The Morgan fingerprint density at radius 2 is 1.74 bits per heavy atom. The number of hydrogen-bond acceptors (Lipinski definition) is 7. The number of nitrogens with two attached hydrogens (primary N) is 1. The molecule has 1 atom stereocenters. The predicted molar refractivity (Wildman–Crippen MR) is 95.2 cm³/mol. The average Bonchev–Trinajstić information content (AvgIpc) is 2.96. The summed E-state index contributed by atoms with van der Waals surface area (Å²) in [5, 5.41) is 40.4. The highest BCUT2D eigenvalue weighted by atomic mass is 16.6. The number of nitrogens with zero attached hydrogens (tertiary/aromatic N) is 5. The van der Waals surface area contributed by atoms with Crippen LogP contribution in [0.1, 0.15) is 11.6 Å². The van der Waals surface area contributed by atoms with Crippen molar-refractivity contribution in [1.29, 1.82) is 15.8 Å². The Hall–Kier alpha value is -4.35. The van der Waals surface area contributed by atoms with Crippen molar-refractivity contribution < 1.29 is 4.92 Å². The molecule has 0 fully saturated rings. The van der Waals surface area contributed by atoms with Gasteiger partial charge in [0.15, 0.2) is 0 Å². The summed E-state index contributed by atoms with van der Waals surface area (Å²) in [4.78, 5) is 12.1. The van der Waals surface area contributed by atoms with Crippen LogP contribution in [0.5, 0.6) is 0 Å². The third kappa shape index (κ3) is 2.52. The fourth-order valence-electron chi connectivity index (χ4n) is 3.28. The number of nitro groups is 1. The van der Waals surface area contributed by atoms with Crippen molar-refractivity contribution in [1.82, 2.24) is 0 Å². The first-order chi connectivity index (χ1) is 13.0. The maximum absolute atomic E-state index is 11.2. The van der Waals surface area contributed by atoms with Gasteiger partial charge >= 0.3 is 0 Å². The summed E-state index contributed by atoms with van der Waals surface area (Å²) < 4.78 is 0. The van der Waals surface area contributed by atoms with E-state index in [9.17, 15) is 25.9 Å². The number of nitro benzene ring substituents is 1. The van der Waals surface area contributed by atoms with E-state index in [-0.39, 0.29) is 17.1 Å². The summed E-state index contributed by atoms with van der Waals surface area (Å²) in [6.45, 7) is 0. The number of hydrogen-bond donors (Lipinski definition) is 1. The van der Waals surface area contributed by atoms with Crippen LogP contribution in [0.4, 0.5) is 11.4 Å². The van der Waals surface area contributed by atoms with Crippen LogP contribution in [0.15, 0.2) is 66.0 Å². The molecule has 1 aliphatic rings. The van der Waals surface area contributed by atoms with Gasteiger partial charge in [0.2, 0.25) is 5.41 Å². The Labute approximate surface area is 154 Å². The van der Waals surface area contributed by atoms with Crippen molar-refractivity contribution in [3.05, 3.63) is 81.7 Å². The standard InChI is InChI=1S/C19H12N6O2/c20-10-16-18(23)24(14-6-2-1-3-7-14)17(19(16,11-21)12-22)13-5-4-8-15(9-13)25(26)27/h1-9,17H,23H2/t17-/m0/s1. The van der Waals surface area contributed by atoms with Gasteiger partial charge in [-0.3, -0.25) is 10.1 Å². The molecule has 0 spiro atoms. The van der Waals surface area contributed by atoms with Crippen molar-refractivity contribution in [2.45, 2.75) is 6.04 Å². The lowest BCUT2D eigenvalue weighted by Crippen LogP contribution is -2.34. The van der Waals surface area contributed by atoms with Gasteiger partial charge in [-0.15, -0.1) is 0 Å². The minimum absolute atomic E-state index is 0.0247. The molecule has 8 heteroatoms. The summed E-state index contributed by atoms with van der Waals surface area (Å²) in [5.41, 5.74) is 4.81. The molecule has 0 saturated heterocycles. The molecule has 0 radical (unpaired) electrons. The zero-order chi connectivity index (χ0) is 19.6. The number of anilines is 1. The smallest absolute Gasteiger partial charge is 0.269 e. The topological polar surface area (TPSA) is 144 Å². The Bertz CT molecular complexity index is 1060. The molecule has 1 heterocycles. The molecular weight excluding hydrogens is 344 g/mol. The maximum atomic E-state index is 11.2. The van der Waals surface area contributed by atoms with Crippen molar-refractivity contribution in [3.63, 3.8) is 0 Å². The zero-order valence-corrected chi connectivity index (χ0v) is 13.9. The SMILES string of the molecule is N#CC1=C(N)N(c2ccccc2)[C@@H](c2cccc([N+](=O)[O-])c2)C1(C#N)C#N. The Kier molecular flexibility index (Phi) is 4.21. The predicted octanol–water partition coefficient (Wildman–Crippen LogP) is 2.88. The number of para-hydroxylation sites is 1. The highest BCUT2D eigenvalue weighted by Crippen LogP contribution is 2.52. The highest BCUT2D eigenvalue weighted by Gasteiger charge is 2.55. The fraction of sp³-hybridized carbons (Fsp3) is 0.105. The van der Waals surface area contributed by atoms with Crippen LogP contribution < -0.4 is 10.6 Å². The lowest BCUT2D eigenvalue weighted by Gasteiger charge is -2.32. The van der Waals surface area contributed by atoms with Gasteiger partial charge in [0.25, 0.3) is 5.69 Å². The lowest BCUT2D eigenvalue weighted by atomic mass is 9.76. The van der Waals surface area contributed by atoms with Crippen LogP contribution in [0.25, 0.3) is 0 Å². The van der Waals surface area contributed by atoms with Gasteiger partial charge in [-0.1, -0.05) is 30.3 Å². The minimum Gasteiger partial charge on any atom is -0.384 e. The molecule has 1 aliphatic heterocycles. The Morgan fingerprint density at radius 1 is 1.07 bits per heavy atom. The van der Waals surface area contributed by atoms with E-state index in [2.05, 4.69) is 0 Å². The van der Waals surface area contributed by atoms with E-state index in [1.807, 2.05) is 18.2 Å². The van der Waals surface area contributed by atoms with Crippen LogP contribution in [-0.2, 0) is 0 Å². The number of rotatable bonds is 3. The Balaban J connectivity index is 2.32. The number of nitriles is 3. The molecule has 0 saturated carbocycles. The molecule has 0 unspecified atom stereocenters. The second-order valence-corrected chi connectivity index (χ2v) is 5.86. The molecule has 8 nitrogen and oxygen atoms in total. The second-order valence-electron chi connectivity index (χ2n) is 5.86. The highest BCUT2D eigenvalue weighted by molar-refractivity contribution is 5.67. The molecule has 3 rings (SSSR count). The van der Waals surface area contributed by atoms with Gasteiger partial charge < -0.3 is 10.6 Å². The number of benzene rings is 2. The van der Waals surface area contributed by atoms with Crippen LogP contribution >= 0.6 is 0 Å². The molecule has 130 valence electrons. The molecule has 0 amide bonds. The molecule has 0 aliphatic carbocycles. The van der Waals surface area contributed by atoms with E-state index in [0.717, 1.165) is 0 Å². The second kappa shape index (κ2) is 6.51. The van der Waals surface area contributed by atoms with Crippen LogP contribution in [0.2, 0.25) is 0 Å². The van der Waals surface area contributed by atoms with Gasteiger partial charge in [0, 0.05) is 17.8 Å². The largest absolute Gasteiger partial charge is 0.384 e. The molecule has 2 N–H and O–H groups in total. The third-order valence-electron chi connectivity index (χ3n) is 4.47. The summed E-state index contributed by atoms with van der Waals surface area (Å²) in [7, 11) is 0. The van der Waals surface area contributed by atoms with Crippen molar-refractivity contribution in [3.8, 4) is 18.2 Å². The molecular formula is C19H12N6O2. The summed E-state index contributed by atoms with van der Waals surface area (Å²) >= 11 is 0. The first-order valence-electron chi connectivity index (χ1n) is 7.81. The zero-order valence-electron chi connectivity index (χ0n) is 13.9. The lowest BCUT2D eigenvalue weighted by molar-refractivity contribution is -0.384. The Morgan fingerprint density at radius 3 is 2.30 bits per heavy atom. The maximum Gasteiger partial charge on any atom is 0.269 e. The van der Waals surface area contributed by atoms with E-state index < -0.39 is 16.4 Å². The molecule has 2 aromatic carbocycles. The summed E-state index contributed by atoms with van der Waals surface area (Å²) in [6, 6.07) is 19.1. The van der Waals surface area contributed by atoms with Gasteiger partial charge in [-0.25, -0.2) is 0 Å². The van der Waals surface area contributed by atoms with E-state index in [1.54, 1.807) is 36.4 Å². The number of non-ortho nitro benzene ring substituents is 1. The van der Waals surface area contributed by atoms with Crippen LogP contribution in [-0.4, -0.2) is 4.92 Å². The van der Waals surface area contributed by atoms with Gasteiger partial charge in [-0.05, 0) is 17.7 Å².